The quantitative estimate of drug-likeness (QED) is 0.903. The topological polar surface area (TPSA) is 43.8 Å². The predicted molar refractivity (Wildman–Crippen MR) is 76.9 cm³/mol. The second kappa shape index (κ2) is 6.06. The Kier molecular flexibility index (Phi) is 4.43. The van der Waals surface area contributed by atoms with Crippen LogP contribution < -0.4 is 4.90 Å². The summed E-state index contributed by atoms with van der Waals surface area (Å²) in [7, 11) is 4.21. The first-order valence-electron chi connectivity index (χ1n) is 6.80. The second-order valence-electron chi connectivity index (χ2n) is 5.51. The third-order valence-electron chi connectivity index (χ3n) is 3.71. The molecule has 0 unspecified atom stereocenters. The zero-order valence-corrected chi connectivity index (χ0v) is 11.7. The Balaban J connectivity index is 2.04. The van der Waals surface area contributed by atoms with Crippen LogP contribution in [-0.2, 0) is 0 Å². The van der Waals surface area contributed by atoms with Crippen molar-refractivity contribution >= 4 is 11.7 Å². The molecule has 1 saturated heterocycles. The minimum absolute atomic E-state index is 0.411. The molecule has 0 radical (unpaired) electrons. The van der Waals surface area contributed by atoms with Crippen LogP contribution in [0.4, 0.5) is 5.69 Å². The van der Waals surface area contributed by atoms with Crippen LogP contribution in [-0.4, -0.2) is 49.7 Å². The lowest BCUT2D eigenvalue weighted by atomic mass is 9.95. The normalized spacial score (nSPS) is 16.9. The van der Waals surface area contributed by atoms with E-state index in [1.807, 2.05) is 12.1 Å². The molecule has 1 aliphatic rings. The van der Waals surface area contributed by atoms with Crippen LogP contribution in [0.25, 0.3) is 0 Å². The molecule has 1 fully saturated rings. The van der Waals surface area contributed by atoms with E-state index in [1.54, 1.807) is 12.1 Å². The number of aromatic carboxylic acids is 1. The summed E-state index contributed by atoms with van der Waals surface area (Å²) in [6.45, 7) is 3.01. The number of carboxylic acids is 1. The Labute approximate surface area is 114 Å². The number of nitrogens with zero attached hydrogens (tertiary/aromatic N) is 2. The molecule has 2 rings (SSSR count). The highest BCUT2D eigenvalue weighted by molar-refractivity contribution is 5.94. The molecule has 0 aromatic heterocycles. The molecule has 0 spiro atoms. The van der Waals surface area contributed by atoms with Gasteiger partial charge in [-0.1, -0.05) is 12.1 Å². The number of piperidine rings is 1. The van der Waals surface area contributed by atoms with Crippen LogP contribution in [0.1, 0.15) is 23.2 Å². The van der Waals surface area contributed by atoms with Gasteiger partial charge in [-0.15, -0.1) is 0 Å². The van der Waals surface area contributed by atoms with Gasteiger partial charge in [0.25, 0.3) is 0 Å². The Bertz CT molecular complexity index is 438. The van der Waals surface area contributed by atoms with Crippen LogP contribution in [0.2, 0.25) is 0 Å². The Morgan fingerprint density at radius 2 is 1.95 bits per heavy atom. The maximum Gasteiger partial charge on any atom is 0.337 e. The van der Waals surface area contributed by atoms with Crippen LogP contribution in [0, 0.1) is 5.92 Å². The van der Waals surface area contributed by atoms with Gasteiger partial charge in [-0.3, -0.25) is 0 Å². The van der Waals surface area contributed by atoms with Crippen molar-refractivity contribution in [1.29, 1.82) is 0 Å². The van der Waals surface area contributed by atoms with Gasteiger partial charge in [-0.2, -0.15) is 0 Å². The second-order valence-corrected chi connectivity index (χ2v) is 5.51. The summed E-state index contributed by atoms with van der Waals surface area (Å²) in [5, 5.41) is 9.23. The van der Waals surface area contributed by atoms with E-state index < -0.39 is 5.97 Å². The van der Waals surface area contributed by atoms with Gasteiger partial charge in [-0.05, 0) is 45.0 Å². The summed E-state index contributed by atoms with van der Waals surface area (Å²) in [6.07, 6.45) is 2.26. The van der Waals surface area contributed by atoms with Gasteiger partial charge in [0.15, 0.2) is 0 Å². The van der Waals surface area contributed by atoms with Crippen LogP contribution in [0.5, 0.6) is 0 Å². The van der Waals surface area contributed by atoms with Crippen molar-refractivity contribution in [2.75, 3.05) is 38.6 Å². The van der Waals surface area contributed by atoms with E-state index in [2.05, 4.69) is 23.9 Å². The third kappa shape index (κ3) is 3.47. The van der Waals surface area contributed by atoms with Crippen molar-refractivity contribution in [3.05, 3.63) is 29.8 Å². The SMILES string of the molecule is CN(C)CC1CCN(c2ccccc2C(=O)O)CC1. The fraction of sp³-hybridized carbons (Fsp3) is 0.533. The van der Waals surface area contributed by atoms with Crippen LogP contribution in [0.15, 0.2) is 24.3 Å². The Morgan fingerprint density at radius 3 is 2.53 bits per heavy atom. The molecule has 0 aliphatic carbocycles. The smallest absolute Gasteiger partial charge is 0.337 e. The van der Waals surface area contributed by atoms with E-state index in [9.17, 15) is 9.90 Å². The predicted octanol–water partition coefficient (Wildman–Crippen LogP) is 2.16. The molecule has 19 heavy (non-hydrogen) atoms. The van der Waals surface area contributed by atoms with E-state index in [0.717, 1.165) is 44.1 Å². The highest BCUT2D eigenvalue weighted by atomic mass is 16.4. The number of hydrogen-bond acceptors (Lipinski definition) is 3. The average Bonchev–Trinajstić information content (AvgIpc) is 2.39. The summed E-state index contributed by atoms with van der Waals surface area (Å²) in [6, 6.07) is 7.29. The van der Waals surface area contributed by atoms with E-state index in [-0.39, 0.29) is 0 Å². The van der Waals surface area contributed by atoms with Crippen molar-refractivity contribution in [3.8, 4) is 0 Å². The summed E-state index contributed by atoms with van der Waals surface area (Å²) in [5.41, 5.74) is 1.27. The van der Waals surface area contributed by atoms with E-state index >= 15 is 0 Å². The maximum atomic E-state index is 11.2. The fourth-order valence-electron chi connectivity index (χ4n) is 2.80. The molecule has 1 N–H and O–H groups in total. The molecular formula is C15H22N2O2. The summed E-state index contributed by atoms with van der Waals surface area (Å²) in [4.78, 5) is 15.7. The molecule has 4 heteroatoms. The van der Waals surface area contributed by atoms with Crippen molar-refractivity contribution in [2.24, 2.45) is 5.92 Å². The summed E-state index contributed by atoms with van der Waals surface area (Å²) < 4.78 is 0. The number of hydrogen-bond donors (Lipinski definition) is 1. The van der Waals surface area contributed by atoms with Crippen LogP contribution in [0.3, 0.4) is 0 Å². The van der Waals surface area contributed by atoms with E-state index in [0.29, 0.717) is 5.56 Å². The first kappa shape index (κ1) is 13.9. The minimum Gasteiger partial charge on any atom is -0.478 e. The van der Waals surface area contributed by atoms with Crippen molar-refractivity contribution < 1.29 is 9.90 Å². The number of rotatable bonds is 4. The molecule has 0 saturated carbocycles. The van der Waals surface area contributed by atoms with Gasteiger partial charge in [-0.25, -0.2) is 4.79 Å². The monoisotopic (exact) mass is 262 g/mol. The third-order valence-corrected chi connectivity index (χ3v) is 3.71. The minimum atomic E-state index is -0.842. The van der Waals surface area contributed by atoms with E-state index in [1.165, 1.54) is 0 Å². The number of carboxylic acid groups (broad SMARTS) is 1. The molecule has 1 aromatic rings. The van der Waals surface area contributed by atoms with Crippen molar-refractivity contribution in [2.45, 2.75) is 12.8 Å². The summed E-state index contributed by atoms with van der Waals surface area (Å²) in [5.74, 6) is -0.116. The van der Waals surface area contributed by atoms with Gasteiger partial charge in [0.2, 0.25) is 0 Å². The lowest BCUT2D eigenvalue weighted by Crippen LogP contribution is -2.37. The molecule has 1 aliphatic heterocycles. The zero-order valence-electron chi connectivity index (χ0n) is 11.7. The Hall–Kier alpha value is -1.55. The maximum absolute atomic E-state index is 11.2. The molecule has 104 valence electrons. The molecular weight excluding hydrogens is 240 g/mol. The number of benzene rings is 1. The fourth-order valence-corrected chi connectivity index (χ4v) is 2.80. The first-order valence-corrected chi connectivity index (χ1v) is 6.80. The van der Waals surface area contributed by atoms with Gasteiger partial charge >= 0.3 is 5.97 Å². The highest BCUT2D eigenvalue weighted by Crippen LogP contribution is 2.26. The first-order chi connectivity index (χ1) is 9.08. The van der Waals surface area contributed by atoms with Gasteiger partial charge < -0.3 is 14.9 Å². The van der Waals surface area contributed by atoms with E-state index in [4.69, 9.17) is 0 Å². The average molecular weight is 262 g/mol. The largest absolute Gasteiger partial charge is 0.478 e. The number of anilines is 1. The molecule has 1 aromatic carbocycles. The van der Waals surface area contributed by atoms with Crippen molar-refractivity contribution in [3.63, 3.8) is 0 Å². The number of carbonyl (C=O) groups is 1. The lowest BCUT2D eigenvalue weighted by Gasteiger charge is -2.35. The number of para-hydroxylation sites is 1. The molecule has 0 bridgehead atoms. The Morgan fingerprint density at radius 1 is 1.32 bits per heavy atom. The molecule has 0 amide bonds. The summed E-state index contributed by atoms with van der Waals surface area (Å²) >= 11 is 0. The standard InChI is InChI=1S/C15H22N2O2/c1-16(2)11-12-7-9-17(10-8-12)14-6-4-3-5-13(14)15(18)19/h3-6,12H,7-11H2,1-2H3,(H,18,19). The van der Waals surface area contributed by atoms with Crippen molar-refractivity contribution in [1.82, 2.24) is 4.90 Å². The molecule has 0 atom stereocenters. The molecule has 4 nitrogen and oxygen atoms in total. The van der Waals surface area contributed by atoms with Gasteiger partial charge in [0, 0.05) is 19.6 Å². The zero-order chi connectivity index (χ0) is 13.8. The highest BCUT2D eigenvalue weighted by Gasteiger charge is 2.22. The van der Waals surface area contributed by atoms with Gasteiger partial charge in [0.1, 0.15) is 0 Å². The van der Waals surface area contributed by atoms with Crippen LogP contribution >= 0.6 is 0 Å². The van der Waals surface area contributed by atoms with Gasteiger partial charge in [0.05, 0.1) is 11.3 Å². The lowest BCUT2D eigenvalue weighted by molar-refractivity contribution is 0.0697. The molecule has 1 heterocycles.